The highest BCUT2D eigenvalue weighted by atomic mass is 14.5. The molecule has 2 rings (SSSR count). The van der Waals surface area contributed by atoms with Crippen LogP contribution in [0.5, 0.6) is 0 Å². The van der Waals surface area contributed by atoms with Gasteiger partial charge < -0.3 is 5.73 Å². The number of nitrogens with two attached hydrogens (primary N) is 1. The van der Waals surface area contributed by atoms with Crippen molar-refractivity contribution in [1.82, 2.24) is 0 Å². The molecule has 0 saturated carbocycles. The van der Waals surface area contributed by atoms with Crippen LogP contribution in [-0.2, 0) is 12.8 Å². The van der Waals surface area contributed by atoms with Gasteiger partial charge in [-0.15, -0.1) is 0 Å². The normalized spacial score (nSPS) is 13.7. The maximum Gasteiger partial charge on any atom is 0.0248 e. The lowest BCUT2D eigenvalue weighted by Gasteiger charge is -2.15. The van der Waals surface area contributed by atoms with E-state index in [2.05, 4.69) is 30.0 Å². The highest BCUT2D eigenvalue weighted by molar-refractivity contribution is 5.41. The lowest BCUT2D eigenvalue weighted by atomic mass is 9.90. The van der Waals surface area contributed by atoms with Gasteiger partial charge in [0, 0.05) is 12.0 Å². The van der Waals surface area contributed by atoms with Gasteiger partial charge in [0.05, 0.1) is 0 Å². The van der Waals surface area contributed by atoms with E-state index < -0.39 is 0 Å². The lowest BCUT2D eigenvalue weighted by molar-refractivity contribution is 0.685. The van der Waals surface area contributed by atoms with Gasteiger partial charge in [0.15, 0.2) is 0 Å². The molecule has 0 fully saturated rings. The number of hydrogen-bond donors (Lipinski definition) is 1. The van der Waals surface area contributed by atoms with Gasteiger partial charge in [-0.1, -0.05) is 17.9 Å². The van der Waals surface area contributed by atoms with Crippen LogP contribution in [0.4, 0.5) is 0 Å². The second kappa shape index (κ2) is 6.47. The molecular formula is C16H21N. The van der Waals surface area contributed by atoms with Gasteiger partial charge in [-0.2, -0.15) is 0 Å². The Morgan fingerprint density at radius 2 is 1.88 bits per heavy atom. The van der Waals surface area contributed by atoms with Crippen LogP contribution in [0.15, 0.2) is 18.2 Å². The smallest absolute Gasteiger partial charge is 0.0248 e. The quantitative estimate of drug-likeness (QED) is 0.623. The molecule has 1 aromatic rings. The highest BCUT2D eigenvalue weighted by Gasteiger charge is 2.08. The van der Waals surface area contributed by atoms with Crippen LogP contribution in [0.25, 0.3) is 0 Å². The van der Waals surface area contributed by atoms with Gasteiger partial charge in [-0.3, -0.25) is 0 Å². The predicted molar refractivity (Wildman–Crippen MR) is 72.9 cm³/mol. The summed E-state index contributed by atoms with van der Waals surface area (Å²) < 4.78 is 0. The van der Waals surface area contributed by atoms with Gasteiger partial charge in [-0.05, 0) is 68.3 Å². The number of hydrogen-bond acceptors (Lipinski definition) is 1. The topological polar surface area (TPSA) is 26.0 Å². The summed E-state index contributed by atoms with van der Waals surface area (Å²) in [4.78, 5) is 0. The third kappa shape index (κ3) is 3.61. The Balaban J connectivity index is 1.97. The number of benzene rings is 1. The van der Waals surface area contributed by atoms with Crippen molar-refractivity contribution in [2.24, 2.45) is 5.73 Å². The molecule has 1 heteroatoms. The van der Waals surface area contributed by atoms with Crippen LogP contribution in [0.2, 0.25) is 0 Å². The minimum Gasteiger partial charge on any atom is -0.330 e. The van der Waals surface area contributed by atoms with Gasteiger partial charge in [0.1, 0.15) is 0 Å². The largest absolute Gasteiger partial charge is 0.330 e. The van der Waals surface area contributed by atoms with Crippen molar-refractivity contribution in [2.75, 3.05) is 6.54 Å². The van der Waals surface area contributed by atoms with Gasteiger partial charge >= 0.3 is 0 Å². The van der Waals surface area contributed by atoms with Gasteiger partial charge in [0.2, 0.25) is 0 Å². The Hall–Kier alpha value is -1.26. The molecule has 90 valence electrons. The van der Waals surface area contributed by atoms with E-state index in [0.29, 0.717) is 0 Å². The number of fused-ring (bicyclic) bond motifs is 1. The van der Waals surface area contributed by atoms with E-state index in [0.717, 1.165) is 25.8 Å². The van der Waals surface area contributed by atoms with Crippen LogP contribution >= 0.6 is 0 Å². The van der Waals surface area contributed by atoms with Crippen molar-refractivity contribution in [3.8, 4) is 11.8 Å². The summed E-state index contributed by atoms with van der Waals surface area (Å²) in [5.41, 5.74) is 9.68. The molecule has 0 aromatic heterocycles. The fourth-order valence-corrected chi connectivity index (χ4v) is 2.33. The molecule has 0 amide bonds. The third-order valence-corrected chi connectivity index (χ3v) is 3.34. The highest BCUT2D eigenvalue weighted by Crippen LogP contribution is 2.21. The van der Waals surface area contributed by atoms with Crippen molar-refractivity contribution >= 4 is 0 Å². The zero-order valence-corrected chi connectivity index (χ0v) is 10.5. The van der Waals surface area contributed by atoms with E-state index >= 15 is 0 Å². The maximum atomic E-state index is 5.45. The van der Waals surface area contributed by atoms with E-state index in [1.54, 1.807) is 0 Å². The van der Waals surface area contributed by atoms with E-state index in [1.807, 2.05) is 0 Å². The monoisotopic (exact) mass is 227 g/mol. The first-order chi connectivity index (χ1) is 8.40. The Kier molecular flexibility index (Phi) is 4.64. The molecule has 0 aliphatic heterocycles. The predicted octanol–water partition coefficient (Wildman–Crippen LogP) is 3.05. The molecule has 1 aromatic carbocycles. The summed E-state index contributed by atoms with van der Waals surface area (Å²) in [5.74, 6) is 6.50. The molecule has 0 radical (unpaired) electrons. The molecule has 17 heavy (non-hydrogen) atoms. The van der Waals surface area contributed by atoms with E-state index in [9.17, 15) is 0 Å². The standard InChI is InChI=1S/C16H21N/c17-12-6-2-1-3-7-14-10-11-15-8-4-5-9-16(15)13-14/h10-11,13H,1-2,4-6,8-9,12,17H2. The molecule has 1 nitrogen and oxygen atoms in total. The molecule has 1 aliphatic rings. The Morgan fingerprint density at radius 3 is 2.71 bits per heavy atom. The van der Waals surface area contributed by atoms with E-state index in [4.69, 9.17) is 5.73 Å². The summed E-state index contributed by atoms with van der Waals surface area (Å²) in [6.45, 7) is 0.778. The number of unbranched alkanes of at least 4 members (excludes halogenated alkanes) is 2. The zero-order valence-electron chi connectivity index (χ0n) is 10.5. The van der Waals surface area contributed by atoms with Gasteiger partial charge in [-0.25, -0.2) is 0 Å². The van der Waals surface area contributed by atoms with Crippen LogP contribution in [-0.4, -0.2) is 6.54 Å². The zero-order chi connectivity index (χ0) is 11.9. The molecule has 0 atom stereocenters. The van der Waals surface area contributed by atoms with Crippen molar-refractivity contribution in [3.63, 3.8) is 0 Å². The van der Waals surface area contributed by atoms with Crippen molar-refractivity contribution < 1.29 is 0 Å². The molecule has 0 unspecified atom stereocenters. The molecule has 0 heterocycles. The van der Waals surface area contributed by atoms with Crippen LogP contribution in [0.1, 0.15) is 48.8 Å². The number of aryl methyl sites for hydroxylation is 2. The first kappa shape index (κ1) is 12.2. The molecule has 0 saturated heterocycles. The van der Waals surface area contributed by atoms with Crippen LogP contribution in [0, 0.1) is 11.8 Å². The summed E-state index contributed by atoms with van der Waals surface area (Å²) in [6, 6.07) is 6.71. The van der Waals surface area contributed by atoms with E-state index in [1.165, 1.54) is 42.4 Å². The Labute approximate surface area is 104 Å². The summed E-state index contributed by atoms with van der Waals surface area (Å²) in [7, 11) is 0. The van der Waals surface area contributed by atoms with Crippen LogP contribution < -0.4 is 5.73 Å². The average Bonchev–Trinajstić information content (AvgIpc) is 2.38. The fraction of sp³-hybridized carbons (Fsp3) is 0.500. The fourth-order valence-electron chi connectivity index (χ4n) is 2.33. The van der Waals surface area contributed by atoms with E-state index in [-0.39, 0.29) is 0 Å². The molecule has 2 N–H and O–H groups in total. The van der Waals surface area contributed by atoms with Crippen molar-refractivity contribution in [1.29, 1.82) is 0 Å². The third-order valence-electron chi connectivity index (χ3n) is 3.34. The molecule has 0 bridgehead atoms. The Morgan fingerprint density at radius 1 is 1.06 bits per heavy atom. The Bertz CT molecular complexity index is 423. The maximum absolute atomic E-state index is 5.45. The summed E-state index contributed by atoms with van der Waals surface area (Å²) in [6.07, 6.45) is 8.33. The summed E-state index contributed by atoms with van der Waals surface area (Å²) >= 11 is 0. The minimum absolute atomic E-state index is 0.778. The minimum atomic E-state index is 0.778. The molecular weight excluding hydrogens is 206 g/mol. The molecule has 0 spiro atoms. The first-order valence-corrected chi connectivity index (χ1v) is 6.71. The van der Waals surface area contributed by atoms with Crippen molar-refractivity contribution in [2.45, 2.75) is 44.9 Å². The molecule has 1 aliphatic carbocycles. The van der Waals surface area contributed by atoms with Crippen LogP contribution in [0.3, 0.4) is 0 Å². The first-order valence-electron chi connectivity index (χ1n) is 6.71. The average molecular weight is 227 g/mol. The SMILES string of the molecule is NCCCCC#Cc1ccc2c(c1)CCCC2. The second-order valence-electron chi connectivity index (χ2n) is 4.74. The number of rotatable bonds is 3. The summed E-state index contributed by atoms with van der Waals surface area (Å²) in [5, 5.41) is 0. The second-order valence-corrected chi connectivity index (χ2v) is 4.74. The van der Waals surface area contributed by atoms with Crippen molar-refractivity contribution in [3.05, 3.63) is 34.9 Å². The lowest BCUT2D eigenvalue weighted by Crippen LogP contribution is -2.02. The van der Waals surface area contributed by atoms with Gasteiger partial charge in [0.25, 0.3) is 0 Å².